The van der Waals surface area contributed by atoms with Gasteiger partial charge in [-0.25, -0.2) is 4.79 Å². The Morgan fingerprint density at radius 2 is 1.92 bits per heavy atom. The summed E-state index contributed by atoms with van der Waals surface area (Å²) < 4.78 is 0. The lowest BCUT2D eigenvalue weighted by atomic mass is 10.0. The topological polar surface area (TPSA) is 73.1 Å². The van der Waals surface area contributed by atoms with E-state index in [0.29, 0.717) is 12.8 Å². The first-order valence-electron chi connectivity index (χ1n) is 4.43. The smallest absolute Gasteiger partial charge is 0.407 e. The summed E-state index contributed by atoms with van der Waals surface area (Å²) in [6.45, 7) is 0. The minimum absolute atomic E-state index is 0.0437. The summed E-state index contributed by atoms with van der Waals surface area (Å²) in [6.07, 6.45) is 2.15. The van der Waals surface area contributed by atoms with E-state index in [2.05, 4.69) is 5.16 Å². The first-order chi connectivity index (χ1) is 6.22. The molecule has 1 amide bonds. The molecule has 2 aliphatic heterocycles. The van der Waals surface area contributed by atoms with Gasteiger partial charge in [0.05, 0.1) is 5.71 Å². The van der Waals surface area contributed by atoms with Crippen molar-refractivity contribution in [3.05, 3.63) is 0 Å². The molecular formula is C8H12N2O3. The number of hydrogen-bond acceptors (Lipinski definition) is 3. The van der Waals surface area contributed by atoms with Crippen molar-refractivity contribution in [1.82, 2.24) is 4.90 Å². The van der Waals surface area contributed by atoms with E-state index < -0.39 is 6.09 Å². The van der Waals surface area contributed by atoms with Crippen LogP contribution in [-0.4, -0.2) is 39.1 Å². The summed E-state index contributed by atoms with van der Waals surface area (Å²) in [6, 6.07) is 0.0873. The van der Waals surface area contributed by atoms with Gasteiger partial charge >= 0.3 is 6.09 Å². The van der Waals surface area contributed by atoms with Crippen molar-refractivity contribution in [1.29, 1.82) is 0 Å². The molecule has 2 heterocycles. The van der Waals surface area contributed by atoms with Crippen molar-refractivity contribution < 1.29 is 15.1 Å². The van der Waals surface area contributed by atoms with E-state index in [1.54, 1.807) is 0 Å². The summed E-state index contributed by atoms with van der Waals surface area (Å²) in [7, 11) is 0. The Morgan fingerprint density at radius 1 is 1.38 bits per heavy atom. The Hall–Kier alpha value is -1.26. The molecule has 5 nitrogen and oxygen atoms in total. The molecule has 2 unspecified atom stereocenters. The molecule has 0 saturated carbocycles. The molecule has 2 saturated heterocycles. The summed E-state index contributed by atoms with van der Waals surface area (Å²) in [5.74, 6) is 0. The monoisotopic (exact) mass is 184 g/mol. The predicted octanol–water partition coefficient (Wildman–Crippen LogP) is 1.12. The standard InChI is InChI=1S/C8H12N2O3/c11-8(12)10-6-1-2-7(10)4-5(3-6)9-13/h6-7,13H,1-4H2,(H,11,12). The number of piperidine rings is 1. The lowest BCUT2D eigenvalue weighted by molar-refractivity contribution is 0.118. The quantitative estimate of drug-likeness (QED) is 0.437. The zero-order valence-corrected chi connectivity index (χ0v) is 7.18. The molecule has 2 aliphatic rings. The number of hydrogen-bond donors (Lipinski definition) is 2. The zero-order valence-electron chi connectivity index (χ0n) is 7.18. The van der Waals surface area contributed by atoms with Crippen LogP contribution in [0.1, 0.15) is 25.7 Å². The van der Waals surface area contributed by atoms with Crippen LogP contribution in [0.3, 0.4) is 0 Å². The minimum Gasteiger partial charge on any atom is -0.465 e. The maximum Gasteiger partial charge on any atom is 0.407 e. The first-order valence-corrected chi connectivity index (χ1v) is 4.43. The molecule has 2 N–H and O–H groups in total. The third kappa shape index (κ3) is 1.24. The van der Waals surface area contributed by atoms with E-state index in [1.807, 2.05) is 0 Å². The average Bonchev–Trinajstić information content (AvgIpc) is 2.37. The Bertz CT molecular complexity index is 248. The lowest BCUT2D eigenvalue weighted by Crippen LogP contribution is -2.46. The second kappa shape index (κ2) is 2.90. The van der Waals surface area contributed by atoms with Crippen molar-refractivity contribution >= 4 is 11.8 Å². The summed E-state index contributed by atoms with van der Waals surface area (Å²) in [4.78, 5) is 12.3. The lowest BCUT2D eigenvalue weighted by Gasteiger charge is -2.32. The Kier molecular flexibility index (Phi) is 1.86. The van der Waals surface area contributed by atoms with Crippen molar-refractivity contribution in [2.75, 3.05) is 0 Å². The molecule has 5 heteroatoms. The van der Waals surface area contributed by atoms with Crippen LogP contribution < -0.4 is 0 Å². The molecule has 2 bridgehead atoms. The average molecular weight is 184 g/mol. The van der Waals surface area contributed by atoms with Gasteiger partial charge in [-0.2, -0.15) is 0 Å². The van der Waals surface area contributed by atoms with Crippen LogP contribution in [0.25, 0.3) is 0 Å². The first kappa shape index (κ1) is 8.34. The molecule has 0 aromatic carbocycles. The number of rotatable bonds is 0. The molecule has 0 spiro atoms. The van der Waals surface area contributed by atoms with Crippen LogP contribution in [0.2, 0.25) is 0 Å². The van der Waals surface area contributed by atoms with Crippen molar-refractivity contribution in [2.45, 2.75) is 37.8 Å². The highest BCUT2D eigenvalue weighted by atomic mass is 16.4. The van der Waals surface area contributed by atoms with Crippen molar-refractivity contribution in [3.8, 4) is 0 Å². The third-order valence-electron chi connectivity index (χ3n) is 2.92. The maximum atomic E-state index is 10.8. The Balaban J connectivity index is 2.17. The molecular weight excluding hydrogens is 172 g/mol. The van der Waals surface area contributed by atoms with E-state index in [4.69, 9.17) is 10.3 Å². The summed E-state index contributed by atoms with van der Waals surface area (Å²) in [5, 5.41) is 20.7. The van der Waals surface area contributed by atoms with Crippen LogP contribution in [-0.2, 0) is 0 Å². The Morgan fingerprint density at radius 3 is 2.31 bits per heavy atom. The molecule has 0 aliphatic carbocycles. The highest BCUT2D eigenvalue weighted by Crippen LogP contribution is 2.34. The molecule has 13 heavy (non-hydrogen) atoms. The largest absolute Gasteiger partial charge is 0.465 e. The van der Waals surface area contributed by atoms with Gasteiger partial charge in [-0.1, -0.05) is 5.16 Å². The van der Waals surface area contributed by atoms with Gasteiger partial charge in [0.2, 0.25) is 0 Å². The van der Waals surface area contributed by atoms with E-state index in [-0.39, 0.29) is 12.1 Å². The number of nitrogens with zero attached hydrogens (tertiary/aromatic N) is 2. The van der Waals surface area contributed by atoms with Crippen LogP contribution in [0, 0.1) is 0 Å². The third-order valence-corrected chi connectivity index (χ3v) is 2.92. The highest BCUT2D eigenvalue weighted by molar-refractivity contribution is 5.87. The van der Waals surface area contributed by atoms with E-state index in [1.165, 1.54) is 4.90 Å². The number of carboxylic acid groups (broad SMARTS) is 1. The van der Waals surface area contributed by atoms with Crippen LogP contribution in [0.15, 0.2) is 5.16 Å². The molecule has 0 aromatic heterocycles. The van der Waals surface area contributed by atoms with Gasteiger partial charge < -0.3 is 15.2 Å². The molecule has 2 atom stereocenters. The SMILES string of the molecule is O=C(O)N1C2CCC1CC(=NO)C2. The van der Waals surface area contributed by atoms with Crippen molar-refractivity contribution in [3.63, 3.8) is 0 Å². The van der Waals surface area contributed by atoms with E-state index in [0.717, 1.165) is 18.6 Å². The minimum atomic E-state index is -0.843. The fourth-order valence-corrected chi connectivity index (χ4v) is 2.38. The fraction of sp³-hybridized carbons (Fsp3) is 0.750. The van der Waals surface area contributed by atoms with Gasteiger partial charge in [-0.3, -0.25) is 0 Å². The van der Waals surface area contributed by atoms with Gasteiger partial charge in [0.25, 0.3) is 0 Å². The molecule has 72 valence electrons. The van der Waals surface area contributed by atoms with Crippen LogP contribution in [0.4, 0.5) is 4.79 Å². The van der Waals surface area contributed by atoms with E-state index in [9.17, 15) is 4.79 Å². The van der Waals surface area contributed by atoms with Crippen LogP contribution in [0.5, 0.6) is 0 Å². The normalized spacial score (nSPS) is 32.0. The Labute approximate surface area is 75.6 Å². The van der Waals surface area contributed by atoms with Gasteiger partial charge in [0, 0.05) is 24.9 Å². The predicted molar refractivity (Wildman–Crippen MR) is 45.1 cm³/mol. The zero-order chi connectivity index (χ0) is 9.42. The maximum absolute atomic E-state index is 10.8. The highest BCUT2D eigenvalue weighted by Gasteiger charge is 2.42. The number of carbonyl (C=O) groups is 1. The second-order valence-corrected chi connectivity index (χ2v) is 3.65. The van der Waals surface area contributed by atoms with Crippen LogP contribution >= 0.6 is 0 Å². The van der Waals surface area contributed by atoms with Gasteiger partial charge in [-0.15, -0.1) is 0 Å². The fourth-order valence-electron chi connectivity index (χ4n) is 2.38. The molecule has 0 aromatic rings. The molecule has 2 fully saturated rings. The summed E-state index contributed by atoms with van der Waals surface area (Å²) >= 11 is 0. The van der Waals surface area contributed by atoms with Gasteiger partial charge in [-0.05, 0) is 12.8 Å². The van der Waals surface area contributed by atoms with Gasteiger partial charge in [0.1, 0.15) is 0 Å². The molecule has 0 radical (unpaired) electrons. The number of fused-ring (bicyclic) bond motifs is 2. The number of amides is 1. The molecule has 2 rings (SSSR count). The number of oxime groups is 1. The van der Waals surface area contributed by atoms with Gasteiger partial charge in [0.15, 0.2) is 0 Å². The second-order valence-electron chi connectivity index (χ2n) is 3.65. The summed E-state index contributed by atoms with van der Waals surface area (Å²) in [5.41, 5.74) is 0.741. The van der Waals surface area contributed by atoms with E-state index >= 15 is 0 Å². The van der Waals surface area contributed by atoms with Crippen molar-refractivity contribution in [2.24, 2.45) is 5.16 Å².